The molecule has 0 heterocycles. The van der Waals surface area contributed by atoms with E-state index < -0.39 is 0 Å². The van der Waals surface area contributed by atoms with Gasteiger partial charge in [-0.25, -0.2) is 0 Å². The maximum atomic E-state index is 6.08. The minimum absolute atomic E-state index is 0.0547. The molecule has 1 fully saturated rings. The first kappa shape index (κ1) is 12.4. The van der Waals surface area contributed by atoms with Crippen molar-refractivity contribution in [1.29, 1.82) is 0 Å². The third-order valence-electron chi connectivity index (χ3n) is 4.91. The van der Waals surface area contributed by atoms with Crippen LogP contribution in [0.4, 0.5) is 5.69 Å². The van der Waals surface area contributed by atoms with Crippen LogP contribution in [-0.2, 0) is 0 Å². The standard InChI is InChI=1S/C15H24N2/c1-12-7-5-6-8-13(12)17(4)15(3,11-16)14(2)9-10-14/h5-8H,9-11,16H2,1-4H3. The van der Waals surface area contributed by atoms with Gasteiger partial charge in [-0.3, -0.25) is 0 Å². The van der Waals surface area contributed by atoms with E-state index in [1.54, 1.807) is 0 Å². The van der Waals surface area contributed by atoms with Crippen molar-refractivity contribution in [3.63, 3.8) is 0 Å². The Balaban J connectivity index is 2.36. The topological polar surface area (TPSA) is 29.3 Å². The first-order chi connectivity index (χ1) is 7.94. The number of anilines is 1. The highest BCUT2D eigenvalue weighted by Gasteiger charge is 2.54. The van der Waals surface area contributed by atoms with E-state index in [0.717, 1.165) is 0 Å². The first-order valence-corrected chi connectivity index (χ1v) is 6.44. The minimum atomic E-state index is 0.0547. The normalized spacial score (nSPS) is 20.8. The minimum Gasteiger partial charge on any atom is -0.367 e. The van der Waals surface area contributed by atoms with Crippen LogP contribution < -0.4 is 10.6 Å². The van der Waals surface area contributed by atoms with Gasteiger partial charge < -0.3 is 10.6 Å². The summed E-state index contributed by atoms with van der Waals surface area (Å²) < 4.78 is 0. The molecule has 0 spiro atoms. The molecule has 2 heteroatoms. The van der Waals surface area contributed by atoms with Crippen LogP contribution in [0.1, 0.15) is 32.3 Å². The Morgan fingerprint density at radius 3 is 2.41 bits per heavy atom. The summed E-state index contributed by atoms with van der Waals surface area (Å²) in [7, 11) is 2.18. The van der Waals surface area contributed by atoms with Gasteiger partial charge >= 0.3 is 0 Å². The van der Waals surface area contributed by atoms with E-state index >= 15 is 0 Å². The van der Waals surface area contributed by atoms with Crippen molar-refractivity contribution in [2.24, 2.45) is 11.1 Å². The molecule has 1 aliphatic rings. The Morgan fingerprint density at radius 1 is 1.35 bits per heavy atom. The molecular formula is C15H24N2. The molecule has 94 valence electrons. The van der Waals surface area contributed by atoms with Crippen LogP contribution in [0.15, 0.2) is 24.3 Å². The number of hydrogen-bond acceptors (Lipinski definition) is 2. The number of nitrogens with two attached hydrogens (primary N) is 1. The number of aryl methyl sites for hydroxylation is 1. The molecule has 1 atom stereocenters. The van der Waals surface area contributed by atoms with Gasteiger partial charge in [0, 0.05) is 19.3 Å². The van der Waals surface area contributed by atoms with E-state index in [2.05, 4.69) is 57.0 Å². The molecule has 1 aromatic rings. The van der Waals surface area contributed by atoms with Crippen molar-refractivity contribution in [3.8, 4) is 0 Å². The molecule has 2 N–H and O–H groups in total. The number of benzene rings is 1. The Labute approximate surface area is 105 Å². The molecule has 0 saturated heterocycles. The lowest BCUT2D eigenvalue weighted by atomic mass is 9.82. The Bertz CT molecular complexity index is 409. The molecule has 1 aliphatic carbocycles. The summed E-state index contributed by atoms with van der Waals surface area (Å²) in [5.74, 6) is 0. The largest absolute Gasteiger partial charge is 0.367 e. The van der Waals surface area contributed by atoms with Gasteiger partial charge in [-0.2, -0.15) is 0 Å². The van der Waals surface area contributed by atoms with E-state index in [-0.39, 0.29) is 5.54 Å². The molecule has 1 unspecified atom stereocenters. The number of rotatable bonds is 4. The second-order valence-electron chi connectivity index (χ2n) is 5.88. The quantitative estimate of drug-likeness (QED) is 0.865. The average Bonchev–Trinajstić information content (AvgIpc) is 3.07. The zero-order chi connectivity index (χ0) is 12.7. The van der Waals surface area contributed by atoms with Gasteiger partial charge in [-0.1, -0.05) is 25.1 Å². The number of hydrogen-bond donors (Lipinski definition) is 1. The van der Waals surface area contributed by atoms with E-state index in [1.165, 1.54) is 24.1 Å². The third kappa shape index (κ3) is 1.85. The van der Waals surface area contributed by atoms with Crippen molar-refractivity contribution in [2.45, 2.75) is 39.2 Å². The zero-order valence-electron chi connectivity index (χ0n) is 11.5. The lowest BCUT2D eigenvalue weighted by Gasteiger charge is -2.45. The third-order valence-corrected chi connectivity index (χ3v) is 4.91. The highest BCUT2D eigenvalue weighted by molar-refractivity contribution is 5.55. The van der Waals surface area contributed by atoms with Crippen molar-refractivity contribution in [1.82, 2.24) is 0 Å². The highest BCUT2D eigenvalue weighted by Crippen LogP contribution is 2.56. The van der Waals surface area contributed by atoms with Crippen molar-refractivity contribution in [2.75, 3.05) is 18.5 Å². The second-order valence-corrected chi connectivity index (χ2v) is 5.88. The van der Waals surface area contributed by atoms with Gasteiger partial charge in [0.2, 0.25) is 0 Å². The van der Waals surface area contributed by atoms with Crippen LogP contribution >= 0.6 is 0 Å². The molecule has 2 rings (SSSR count). The summed E-state index contributed by atoms with van der Waals surface area (Å²) in [5.41, 5.74) is 9.13. The molecule has 0 radical (unpaired) electrons. The fourth-order valence-corrected chi connectivity index (χ4v) is 2.72. The molecule has 17 heavy (non-hydrogen) atoms. The van der Waals surface area contributed by atoms with Crippen molar-refractivity contribution in [3.05, 3.63) is 29.8 Å². The number of para-hydroxylation sites is 1. The molecule has 2 nitrogen and oxygen atoms in total. The van der Waals surface area contributed by atoms with Crippen LogP contribution in [-0.4, -0.2) is 19.1 Å². The SMILES string of the molecule is Cc1ccccc1N(C)C(C)(CN)C1(C)CC1. The summed E-state index contributed by atoms with van der Waals surface area (Å²) in [6.07, 6.45) is 2.58. The molecule has 0 bridgehead atoms. The van der Waals surface area contributed by atoms with E-state index in [0.29, 0.717) is 12.0 Å². The summed E-state index contributed by atoms with van der Waals surface area (Å²) in [6.45, 7) is 7.52. The molecular weight excluding hydrogens is 208 g/mol. The van der Waals surface area contributed by atoms with Gasteiger partial charge in [-0.15, -0.1) is 0 Å². The monoisotopic (exact) mass is 232 g/mol. The molecule has 0 aliphatic heterocycles. The van der Waals surface area contributed by atoms with Gasteiger partial charge in [0.25, 0.3) is 0 Å². The summed E-state index contributed by atoms with van der Waals surface area (Å²) in [6, 6.07) is 8.54. The van der Waals surface area contributed by atoms with E-state index in [1.807, 2.05) is 0 Å². The summed E-state index contributed by atoms with van der Waals surface area (Å²) in [4.78, 5) is 2.38. The fraction of sp³-hybridized carbons (Fsp3) is 0.600. The molecule has 0 amide bonds. The van der Waals surface area contributed by atoms with Crippen LogP contribution in [0, 0.1) is 12.3 Å². The van der Waals surface area contributed by atoms with Crippen LogP contribution in [0.3, 0.4) is 0 Å². The smallest absolute Gasteiger partial charge is 0.0546 e. The first-order valence-electron chi connectivity index (χ1n) is 6.44. The lowest BCUT2D eigenvalue weighted by Crippen LogP contribution is -2.56. The summed E-state index contributed by atoms with van der Waals surface area (Å²) >= 11 is 0. The maximum Gasteiger partial charge on any atom is 0.0546 e. The van der Waals surface area contributed by atoms with E-state index in [4.69, 9.17) is 5.73 Å². The predicted octanol–water partition coefficient (Wildman–Crippen LogP) is 2.95. The maximum absolute atomic E-state index is 6.08. The predicted molar refractivity (Wildman–Crippen MR) is 74.4 cm³/mol. The lowest BCUT2D eigenvalue weighted by molar-refractivity contribution is 0.289. The molecule has 1 aromatic carbocycles. The van der Waals surface area contributed by atoms with Gasteiger partial charge in [0.15, 0.2) is 0 Å². The summed E-state index contributed by atoms with van der Waals surface area (Å²) in [5, 5.41) is 0. The Morgan fingerprint density at radius 2 is 1.94 bits per heavy atom. The van der Waals surface area contributed by atoms with Gasteiger partial charge in [0.05, 0.1) is 5.54 Å². The Hall–Kier alpha value is -1.02. The van der Waals surface area contributed by atoms with Gasteiger partial charge in [0.1, 0.15) is 0 Å². The zero-order valence-corrected chi connectivity index (χ0v) is 11.5. The van der Waals surface area contributed by atoms with Crippen LogP contribution in [0.25, 0.3) is 0 Å². The number of nitrogens with zero attached hydrogens (tertiary/aromatic N) is 1. The van der Waals surface area contributed by atoms with Crippen LogP contribution in [0.5, 0.6) is 0 Å². The number of likely N-dealkylation sites (N-methyl/N-ethyl adjacent to an activating group) is 1. The highest BCUT2D eigenvalue weighted by atomic mass is 15.2. The van der Waals surface area contributed by atoms with Gasteiger partial charge in [-0.05, 0) is 43.7 Å². The fourth-order valence-electron chi connectivity index (χ4n) is 2.72. The average molecular weight is 232 g/mol. The molecule has 1 saturated carbocycles. The van der Waals surface area contributed by atoms with E-state index in [9.17, 15) is 0 Å². The second kappa shape index (κ2) is 4.02. The van der Waals surface area contributed by atoms with Crippen LogP contribution in [0.2, 0.25) is 0 Å². The Kier molecular flexibility index (Phi) is 2.94. The van der Waals surface area contributed by atoms with Crippen molar-refractivity contribution < 1.29 is 0 Å². The van der Waals surface area contributed by atoms with Crippen molar-refractivity contribution >= 4 is 5.69 Å². The molecule has 0 aromatic heterocycles.